The number of aromatic nitrogens is 2. The van der Waals surface area contributed by atoms with Gasteiger partial charge in [0.05, 0.1) is 0 Å². The molecular formula is C12H14ClN3. The molecule has 2 aromatic rings. The minimum Gasteiger partial charge on any atom is -0.369 e. The van der Waals surface area contributed by atoms with E-state index in [0.717, 1.165) is 5.56 Å². The molecule has 0 amide bonds. The summed E-state index contributed by atoms with van der Waals surface area (Å²) in [5.41, 5.74) is 8.52. The molecule has 16 heavy (non-hydrogen) atoms. The smallest absolute Gasteiger partial charge is 0.199 e. The molecule has 0 spiro atoms. The van der Waals surface area contributed by atoms with Crippen molar-refractivity contribution in [3.8, 4) is 11.3 Å². The van der Waals surface area contributed by atoms with Crippen molar-refractivity contribution >= 4 is 17.5 Å². The zero-order chi connectivity index (χ0) is 11.7. The average molecular weight is 236 g/mol. The molecule has 1 heterocycles. The van der Waals surface area contributed by atoms with Gasteiger partial charge >= 0.3 is 0 Å². The van der Waals surface area contributed by atoms with Crippen molar-refractivity contribution in [3.05, 3.63) is 35.0 Å². The Morgan fingerprint density at radius 1 is 1.25 bits per heavy atom. The number of nitrogens with one attached hydrogen (secondary N) is 1. The van der Waals surface area contributed by atoms with Crippen molar-refractivity contribution < 1.29 is 0 Å². The molecule has 1 aromatic carbocycles. The Balaban J connectivity index is 2.38. The summed E-state index contributed by atoms with van der Waals surface area (Å²) in [5.74, 6) is 0.863. The number of nitrogen functional groups attached to an aromatic ring is 1. The predicted octanol–water partition coefficient (Wildman–Crippen LogP) is 3.44. The highest BCUT2D eigenvalue weighted by atomic mass is 35.5. The topological polar surface area (TPSA) is 54.7 Å². The number of hydrogen-bond acceptors (Lipinski definition) is 2. The maximum absolute atomic E-state index is 5.98. The Kier molecular flexibility index (Phi) is 2.88. The first-order chi connectivity index (χ1) is 7.58. The van der Waals surface area contributed by atoms with E-state index in [2.05, 4.69) is 35.9 Å². The fraction of sp³-hybridized carbons (Fsp3) is 0.250. The summed E-state index contributed by atoms with van der Waals surface area (Å²) in [4.78, 5) is 6.92. The van der Waals surface area contributed by atoms with E-state index in [-0.39, 0.29) is 0 Å². The molecule has 0 radical (unpaired) electrons. The van der Waals surface area contributed by atoms with E-state index in [1.165, 1.54) is 5.56 Å². The van der Waals surface area contributed by atoms with Crippen LogP contribution in [0.25, 0.3) is 11.3 Å². The quantitative estimate of drug-likeness (QED) is 0.838. The SMILES string of the molecule is CC(C)c1ccc(-c2nc(N)[nH]c2Cl)cc1. The third-order valence-corrected chi connectivity index (χ3v) is 2.80. The van der Waals surface area contributed by atoms with E-state index in [9.17, 15) is 0 Å². The van der Waals surface area contributed by atoms with Crippen LogP contribution < -0.4 is 5.73 Å². The number of H-pyrrole nitrogens is 1. The van der Waals surface area contributed by atoms with Crippen LogP contribution in [-0.4, -0.2) is 9.97 Å². The number of anilines is 1. The maximum Gasteiger partial charge on any atom is 0.199 e. The molecular weight excluding hydrogens is 222 g/mol. The lowest BCUT2D eigenvalue weighted by Crippen LogP contribution is -1.88. The first-order valence-corrected chi connectivity index (χ1v) is 5.57. The predicted molar refractivity (Wildman–Crippen MR) is 67.5 cm³/mol. The van der Waals surface area contributed by atoms with Crippen molar-refractivity contribution in [2.45, 2.75) is 19.8 Å². The number of nitrogens with zero attached hydrogens (tertiary/aromatic N) is 1. The van der Waals surface area contributed by atoms with Gasteiger partial charge in [-0.15, -0.1) is 0 Å². The normalized spacial score (nSPS) is 11.0. The molecule has 0 atom stereocenters. The summed E-state index contributed by atoms with van der Waals surface area (Å²) in [6, 6.07) is 8.19. The van der Waals surface area contributed by atoms with Gasteiger partial charge in [0.25, 0.3) is 0 Å². The summed E-state index contributed by atoms with van der Waals surface area (Å²) < 4.78 is 0. The van der Waals surface area contributed by atoms with Crippen LogP contribution >= 0.6 is 11.6 Å². The van der Waals surface area contributed by atoms with Crippen molar-refractivity contribution in [3.63, 3.8) is 0 Å². The molecule has 1 aromatic heterocycles. The lowest BCUT2D eigenvalue weighted by atomic mass is 10.0. The Labute approximate surface area is 99.7 Å². The second-order valence-corrected chi connectivity index (χ2v) is 4.44. The highest BCUT2D eigenvalue weighted by Crippen LogP contribution is 2.27. The van der Waals surface area contributed by atoms with Crippen molar-refractivity contribution in [2.24, 2.45) is 0 Å². The van der Waals surface area contributed by atoms with Crippen LogP contribution in [0.15, 0.2) is 24.3 Å². The molecule has 3 N–H and O–H groups in total. The van der Waals surface area contributed by atoms with Crippen LogP contribution in [0.5, 0.6) is 0 Å². The minimum atomic E-state index is 0.341. The first-order valence-electron chi connectivity index (χ1n) is 5.19. The van der Waals surface area contributed by atoms with Crippen LogP contribution in [0.1, 0.15) is 25.3 Å². The number of rotatable bonds is 2. The van der Waals surface area contributed by atoms with Gasteiger partial charge in [0.2, 0.25) is 0 Å². The van der Waals surface area contributed by atoms with Crippen LogP contribution in [0.3, 0.4) is 0 Å². The summed E-state index contributed by atoms with van der Waals surface area (Å²) in [5, 5.41) is 0.481. The molecule has 0 unspecified atom stereocenters. The lowest BCUT2D eigenvalue weighted by Gasteiger charge is -2.05. The second kappa shape index (κ2) is 4.18. The minimum absolute atomic E-state index is 0.341. The standard InChI is InChI=1S/C12H14ClN3/c1-7(2)8-3-5-9(6-4-8)10-11(13)16-12(14)15-10/h3-7H,1-2H3,(H3,14,15,16). The van der Waals surface area contributed by atoms with Gasteiger partial charge < -0.3 is 10.7 Å². The lowest BCUT2D eigenvalue weighted by molar-refractivity contribution is 0.867. The number of halogens is 1. The molecule has 2 rings (SSSR count). The van der Waals surface area contributed by atoms with Gasteiger partial charge in [0.15, 0.2) is 5.95 Å². The fourth-order valence-corrected chi connectivity index (χ4v) is 1.83. The monoisotopic (exact) mass is 235 g/mol. The maximum atomic E-state index is 5.98. The van der Waals surface area contributed by atoms with Crippen molar-refractivity contribution in [2.75, 3.05) is 5.73 Å². The van der Waals surface area contributed by atoms with E-state index in [4.69, 9.17) is 17.3 Å². The van der Waals surface area contributed by atoms with E-state index in [0.29, 0.717) is 22.7 Å². The molecule has 0 saturated carbocycles. The molecule has 84 valence electrons. The molecule has 0 bridgehead atoms. The molecule has 0 aliphatic carbocycles. The average Bonchev–Trinajstić information content (AvgIpc) is 2.58. The molecule has 0 fully saturated rings. The van der Waals surface area contributed by atoms with Gasteiger partial charge in [0.1, 0.15) is 10.8 Å². The van der Waals surface area contributed by atoms with Gasteiger partial charge in [-0.05, 0) is 11.5 Å². The van der Waals surface area contributed by atoms with Gasteiger partial charge in [-0.1, -0.05) is 49.7 Å². The third kappa shape index (κ3) is 2.04. The summed E-state index contributed by atoms with van der Waals surface area (Å²) in [6.45, 7) is 4.32. The highest BCUT2D eigenvalue weighted by Gasteiger charge is 2.09. The van der Waals surface area contributed by atoms with Gasteiger partial charge in [-0.25, -0.2) is 4.98 Å². The molecule has 0 aliphatic heterocycles. The van der Waals surface area contributed by atoms with Crippen molar-refractivity contribution in [1.29, 1.82) is 0 Å². The van der Waals surface area contributed by atoms with E-state index < -0.39 is 0 Å². The summed E-state index contributed by atoms with van der Waals surface area (Å²) in [6.07, 6.45) is 0. The fourth-order valence-electron chi connectivity index (χ4n) is 1.59. The summed E-state index contributed by atoms with van der Waals surface area (Å²) >= 11 is 5.98. The van der Waals surface area contributed by atoms with E-state index >= 15 is 0 Å². The first kappa shape index (κ1) is 11.0. The number of hydrogen-bond donors (Lipinski definition) is 2. The van der Waals surface area contributed by atoms with E-state index in [1.807, 2.05) is 12.1 Å². The zero-order valence-corrected chi connectivity index (χ0v) is 10.0. The number of benzene rings is 1. The molecule has 4 heteroatoms. The number of aromatic amines is 1. The third-order valence-electron chi connectivity index (χ3n) is 2.53. The van der Waals surface area contributed by atoms with Crippen molar-refractivity contribution in [1.82, 2.24) is 9.97 Å². The highest BCUT2D eigenvalue weighted by molar-refractivity contribution is 6.32. The molecule has 0 saturated heterocycles. The summed E-state index contributed by atoms with van der Waals surface area (Å²) in [7, 11) is 0. The van der Waals surface area contributed by atoms with Crippen LogP contribution in [0.4, 0.5) is 5.95 Å². The van der Waals surface area contributed by atoms with Crippen LogP contribution in [0.2, 0.25) is 5.15 Å². The van der Waals surface area contributed by atoms with Crippen LogP contribution in [0, 0.1) is 0 Å². The Bertz CT molecular complexity index is 485. The second-order valence-electron chi connectivity index (χ2n) is 4.06. The number of imidazole rings is 1. The van der Waals surface area contributed by atoms with E-state index in [1.54, 1.807) is 0 Å². The van der Waals surface area contributed by atoms with Gasteiger partial charge in [-0.2, -0.15) is 0 Å². The Morgan fingerprint density at radius 2 is 1.88 bits per heavy atom. The Morgan fingerprint density at radius 3 is 2.31 bits per heavy atom. The Hall–Kier alpha value is -1.48. The zero-order valence-electron chi connectivity index (χ0n) is 9.29. The number of nitrogens with two attached hydrogens (primary N) is 1. The van der Waals surface area contributed by atoms with Gasteiger partial charge in [0, 0.05) is 5.56 Å². The van der Waals surface area contributed by atoms with Crippen LogP contribution in [-0.2, 0) is 0 Å². The molecule has 3 nitrogen and oxygen atoms in total. The molecule has 0 aliphatic rings. The van der Waals surface area contributed by atoms with Gasteiger partial charge in [-0.3, -0.25) is 0 Å². The largest absolute Gasteiger partial charge is 0.369 e.